The number of hydrogen-bond acceptors (Lipinski definition) is 5. The fraction of sp³-hybridized carbons (Fsp3) is 0.462. The molecule has 0 spiro atoms. The summed E-state index contributed by atoms with van der Waals surface area (Å²) in [6, 6.07) is 1.67. The maximum Gasteiger partial charge on any atom is 0.228 e. The van der Waals surface area contributed by atoms with Crippen LogP contribution >= 0.6 is 11.3 Å². The number of nitrogens with zero attached hydrogens (tertiary/aromatic N) is 2. The van der Waals surface area contributed by atoms with Crippen LogP contribution in [0.25, 0.3) is 0 Å². The van der Waals surface area contributed by atoms with Gasteiger partial charge in [0, 0.05) is 10.9 Å². The molecular formula is C13H17N3O2S. The first kappa shape index (κ1) is 13.7. The zero-order valence-corrected chi connectivity index (χ0v) is 12.3. The van der Waals surface area contributed by atoms with Gasteiger partial charge in [-0.3, -0.25) is 4.79 Å². The van der Waals surface area contributed by atoms with E-state index < -0.39 is 0 Å². The van der Waals surface area contributed by atoms with Gasteiger partial charge < -0.3 is 9.84 Å². The van der Waals surface area contributed by atoms with E-state index in [1.165, 1.54) is 0 Å². The van der Waals surface area contributed by atoms with E-state index in [1.54, 1.807) is 17.4 Å². The highest BCUT2D eigenvalue weighted by Crippen LogP contribution is 2.22. The molecule has 6 heteroatoms. The van der Waals surface area contributed by atoms with Crippen LogP contribution in [0.2, 0.25) is 0 Å². The number of carbonyl (C=O) groups is 1. The monoisotopic (exact) mass is 279 g/mol. The normalized spacial score (nSPS) is 12.4. The second-order valence-corrected chi connectivity index (χ2v) is 5.98. The number of thiazole rings is 1. The molecule has 0 radical (unpaired) electrons. The van der Waals surface area contributed by atoms with E-state index in [0.29, 0.717) is 5.76 Å². The molecule has 0 unspecified atom stereocenters. The second-order valence-electron chi connectivity index (χ2n) is 4.57. The molecule has 0 aliphatic carbocycles. The minimum Gasteiger partial charge on any atom is -0.361 e. The molecule has 0 aliphatic rings. The first-order valence-electron chi connectivity index (χ1n) is 6.11. The van der Waals surface area contributed by atoms with E-state index in [2.05, 4.69) is 15.5 Å². The Balaban J connectivity index is 1.97. The lowest BCUT2D eigenvalue weighted by molar-refractivity contribution is -0.121. The van der Waals surface area contributed by atoms with Crippen molar-refractivity contribution in [3.8, 4) is 0 Å². The lowest BCUT2D eigenvalue weighted by Crippen LogP contribution is -2.28. The number of aromatic nitrogens is 2. The van der Waals surface area contributed by atoms with E-state index >= 15 is 0 Å². The zero-order chi connectivity index (χ0) is 14.0. The molecule has 2 rings (SSSR count). The first-order valence-corrected chi connectivity index (χ1v) is 6.93. The third-order valence-corrected chi connectivity index (χ3v) is 3.64. The Labute approximate surface area is 116 Å². The number of nitrogens with one attached hydrogen (secondary N) is 1. The summed E-state index contributed by atoms with van der Waals surface area (Å²) in [7, 11) is 0. The molecule has 5 nitrogen and oxygen atoms in total. The quantitative estimate of drug-likeness (QED) is 0.933. The van der Waals surface area contributed by atoms with E-state index in [0.717, 1.165) is 21.3 Å². The van der Waals surface area contributed by atoms with Crippen molar-refractivity contribution in [1.82, 2.24) is 15.5 Å². The van der Waals surface area contributed by atoms with Crippen LogP contribution in [0.1, 0.15) is 40.0 Å². The molecule has 2 heterocycles. The van der Waals surface area contributed by atoms with Gasteiger partial charge >= 0.3 is 0 Å². The van der Waals surface area contributed by atoms with Gasteiger partial charge in [0.2, 0.25) is 5.91 Å². The van der Waals surface area contributed by atoms with Crippen molar-refractivity contribution in [2.75, 3.05) is 0 Å². The van der Waals surface area contributed by atoms with E-state index in [9.17, 15) is 4.79 Å². The summed E-state index contributed by atoms with van der Waals surface area (Å²) in [5.74, 6) is 0.488. The third-order valence-electron chi connectivity index (χ3n) is 2.74. The molecule has 1 N–H and O–H groups in total. The van der Waals surface area contributed by atoms with Gasteiger partial charge in [-0.05, 0) is 27.7 Å². The lowest BCUT2D eigenvalue weighted by Gasteiger charge is -2.11. The molecule has 1 atom stereocenters. The van der Waals surface area contributed by atoms with Crippen molar-refractivity contribution in [2.45, 2.75) is 40.2 Å². The fourth-order valence-corrected chi connectivity index (χ4v) is 2.88. The Morgan fingerprint density at radius 1 is 1.47 bits per heavy atom. The fourth-order valence-electron chi connectivity index (χ4n) is 1.97. The molecule has 0 fully saturated rings. The van der Waals surface area contributed by atoms with Gasteiger partial charge in [0.1, 0.15) is 5.76 Å². The van der Waals surface area contributed by atoms with Gasteiger partial charge in [-0.25, -0.2) is 4.98 Å². The highest BCUT2D eigenvalue weighted by molar-refractivity contribution is 7.11. The second kappa shape index (κ2) is 5.52. The Hall–Kier alpha value is -1.69. The molecule has 0 saturated carbocycles. The number of amides is 1. The van der Waals surface area contributed by atoms with Crippen LogP contribution < -0.4 is 5.32 Å². The zero-order valence-electron chi connectivity index (χ0n) is 11.5. The maximum absolute atomic E-state index is 11.9. The predicted octanol–water partition coefficient (Wildman–Crippen LogP) is 2.48. The van der Waals surface area contributed by atoms with Gasteiger partial charge in [-0.2, -0.15) is 0 Å². The summed E-state index contributed by atoms with van der Waals surface area (Å²) in [5.41, 5.74) is 1.71. The van der Waals surface area contributed by atoms with Crippen molar-refractivity contribution in [2.24, 2.45) is 0 Å². The topological polar surface area (TPSA) is 68.0 Å². The van der Waals surface area contributed by atoms with Crippen LogP contribution in [-0.4, -0.2) is 16.0 Å². The lowest BCUT2D eigenvalue weighted by atomic mass is 10.2. The van der Waals surface area contributed by atoms with E-state index in [-0.39, 0.29) is 18.4 Å². The van der Waals surface area contributed by atoms with Crippen LogP contribution in [0, 0.1) is 20.8 Å². The molecule has 102 valence electrons. The maximum atomic E-state index is 11.9. The summed E-state index contributed by atoms with van der Waals surface area (Å²) in [6.45, 7) is 7.75. The van der Waals surface area contributed by atoms with Gasteiger partial charge in [0.05, 0.1) is 28.9 Å². The van der Waals surface area contributed by atoms with Crippen molar-refractivity contribution in [3.63, 3.8) is 0 Å². The molecule has 0 aromatic carbocycles. The summed E-state index contributed by atoms with van der Waals surface area (Å²) in [4.78, 5) is 17.5. The minimum atomic E-state index is -0.0959. The number of hydrogen-bond donors (Lipinski definition) is 1. The van der Waals surface area contributed by atoms with Gasteiger partial charge in [-0.1, -0.05) is 5.16 Å². The summed E-state index contributed by atoms with van der Waals surface area (Å²) in [6.07, 6.45) is 0.202. The number of rotatable bonds is 4. The summed E-state index contributed by atoms with van der Waals surface area (Å²) in [5, 5.41) is 7.70. The molecule has 2 aromatic heterocycles. The molecule has 19 heavy (non-hydrogen) atoms. The highest BCUT2D eigenvalue weighted by Gasteiger charge is 2.16. The largest absolute Gasteiger partial charge is 0.361 e. The average Bonchev–Trinajstić information content (AvgIpc) is 2.84. The van der Waals surface area contributed by atoms with Crippen LogP contribution in [0.3, 0.4) is 0 Å². The van der Waals surface area contributed by atoms with Crippen molar-refractivity contribution in [3.05, 3.63) is 33.1 Å². The molecule has 1 amide bonds. The van der Waals surface area contributed by atoms with Crippen LogP contribution in [-0.2, 0) is 11.2 Å². The Morgan fingerprint density at radius 3 is 2.74 bits per heavy atom. The van der Waals surface area contributed by atoms with Crippen molar-refractivity contribution < 1.29 is 9.32 Å². The van der Waals surface area contributed by atoms with Crippen LogP contribution in [0.4, 0.5) is 0 Å². The predicted molar refractivity (Wildman–Crippen MR) is 73.1 cm³/mol. The smallest absolute Gasteiger partial charge is 0.228 e. The minimum absolute atomic E-state index is 0.0892. The Kier molecular flexibility index (Phi) is 3.99. The van der Waals surface area contributed by atoms with Crippen molar-refractivity contribution >= 4 is 17.2 Å². The summed E-state index contributed by atoms with van der Waals surface area (Å²) >= 11 is 1.64. The Morgan fingerprint density at radius 2 is 2.21 bits per heavy atom. The molecule has 0 bridgehead atoms. The number of carbonyl (C=O) groups excluding carboxylic acids is 1. The highest BCUT2D eigenvalue weighted by atomic mass is 32.1. The van der Waals surface area contributed by atoms with Crippen LogP contribution in [0.5, 0.6) is 0 Å². The summed E-state index contributed by atoms with van der Waals surface area (Å²) < 4.78 is 5.03. The first-order chi connectivity index (χ1) is 8.95. The van der Waals surface area contributed by atoms with Crippen molar-refractivity contribution in [1.29, 1.82) is 0 Å². The Bertz CT molecular complexity index is 588. The molecular weight excluding hydrogens is 262 g/mol. The number of aryl methyl sites for hydroxylation is 3. The van der Waals surface area contributed by atoms with E-state index in [1.807, 2.05) is 27.7 Å². The standard InChI is InChI=1S/C13H17N3O2S/c1-7-5-11(18-16-7)6-12(17)14-8(2)13-9(3)19-10(4)15-13/h5,8H,6H2,1-4H3,(H,14,17)/t8-/m1/s1. The van der Waals surface area contributed by atoms with E-state index in [4.69, 9.17) is 4.52 Å². The van der Waals surface area contributed by atoms with Gasteiger partial charge in [0.15, 0.2) is 0 Å². The molecule has 0 saturated heterocycles. The third kappa shape index (κ3) is 3.41. The SMILES string of the molecule is Cc1cc(CC(=O)N[C@H](C)c2nc(C)sc2C)on1. The van der Waals surface area contributed by atoms with Gasteiger partial charge in [0.25, 0.3) is 0 Å². The van der Waals surface area contributed by atoms with Crippen LogP contribution in [0.15, 0.2) is 10.6 Å². The molecule has 2 aromatic rings. The average molecular weight is 279 g/mol. The van der Waals surface area contributed by atoms with Gasteiger partial charge in [-0.15, -0.1) is 11.3 Å². The molecule has 0 aliphatic heterocycles.